The van der Waals surface area contributed by atoms with Crippen molar-refractivity contribution in [3.05, 3.63) is 69.8 Å². The average Bonchev–Trinajstić information content (AvgIpc) is 2.82. The number of nitrogens with zero attached hydrogens (tertiary/aromatic N) is 1. The van der Waals surface area contributed by atoms with E-state index >= 15 is 0 Å². The Morgan fingerprint density at radius 2 is 1.74 bits per heavy atom. The van der Waals surface area contributed by atoms with Gasteiger partial charge in [0.1, 0.15) is 6.10 Å². The zero-order chi connectivity index (χ0) is 25.5. The first kappa shape index (κ1) is 25.9. The minimum atomic E-state index is -0.843. The van der Waals surface area contributed by atoms with Crippen molar-refractivity contribution in [1.82, 2.24) is 0 Å². The summed E-state index contributed by atoms with van der Waals surface area (Å²) in [5, 5.41) is 13.3. The van der Waals surface area contributed by atoms with Gasteiger partial charge < -0.3 is 14.8 Å². The molecule has 3 rings (SSSR count). The van der Waals surface area contributed by atoms with E-state index in [9.17, 15) is 24.5 Å². The van der Waals surface area contributed by atoms with Crippen LogP contribution in [0.25, 0.3) is 0 Å². The summed E-state index contributed by atoms with van der Waals surface area (Å²) in [6.07, 6.45) is 2.63. The maximum Gasteiger partial charge on any atom is 0.339 e. The van der Waals surface area contributed by atoms with E-state index < -0.39 is 29.4 Å². The number of hydrogen-bond donors (Lipinski definition) is 1. The quantitative estimate of drug-likeness (QED) is 0.318. The number of ether oxygens (including phenoxy) is 2. The number of nitro groups is 1. The molecule has 0 aromatic heterocycles. The molecule has 186 valence electrons. The lowest BCUT2D eigenvalue weighted by molar-refractivity contribution is -0.384. The minimum absolute atomic E-state index is 0.00519. The Morgan fingerprint density at radius 1 is 1.06 bits per heavy atom. The number of nitrogens with one attached hydrogen (secondary N) is 1. The van der Waals surface area contributed by atoms with Gasteiger partial charge in [0.15, 0.2) is 6.61 Å². The van der Waals surface area contributed by atoms with Crippen LogP contribution in [0.1, 0.15) is 60.7 Å². The van der Waals surface area contributed by atoms with Crippen molar-refractivity contribution in [2.75, 3.05) is 11.9 Å². The highest BCUT2D eigenvalue weighted by Gasteiger charge is 2.34. The van der Waals surface area contributed by atoms with Crippen LogP contribution in [0, 0.1) is 27.9 Å². The smallest absolute Gasteiger partial charge is 0.339 e. The molecule has 9 heteroatoms. The van der Waals surface area contributed by atoms with Crippen molar-refractivity contribution in [3.8, 4) is 0 Å². The SMILES string of the molecule is CC(C)[C@@H]1CC[C@@H](C)C[C@@H]1OC(=O)c1ccccc1C(=O)OCC(=O)Nc1cccc([N+](=O)[O-])c1. The Kier molecular flexibility index (Phi) is 8.57. The van der Waals surface area contributed by atoms with Gasteiger partial charge in [0, 0.05) is 17.8 Å². The first-order valence-electron chi connectivity index (χ1n) is 11.7. The molecular weight excluding hydrogens is 452 g/mol. The van der Waals surface area contributed by atoms with Crippen LogP contribution in [0.4, 0.5) is 11.4 Å². The molecule has 2 aromatic rings. The van der Waals surface area contributed by atoms with Crippen LogP contribution < -0.4 is 5.32 Å². The fraction of sp³-hybridized carbons (Fsp3) is 0.423. The maximum atomic E-state index is 13.0. The standard InChI is InChI=1S/C26H30N2O7/c1-16(2)20-12-11-17(3)13-23(20)35-26(31)22-10-5-4-9-21(22)25(30)34-15-24(29)27-18-7-6-8-19(14-18)28(32)33/h4-10,14,16-17,20,23H,11-13,15H2,1-3H3,(H,27,29)/t17-,20+,23+/m1/s1. The van der Waals surface area contributed by atoms with Gasteiger partial charge in [-0.1, -0.05) is 45.4 Å². The van der Waals surface area contributed by atoms with E-state index in [0.29, 0.717) is 11.8 Å². The molecule has 0 aliphatic heterocycles. The zero-order valence-corrected chi connectivity index (χ0v) is 20.1. The highest BCUT2D eigenvalue weighted by Crippen LogP contribution is 2.36. The molecule has 0 saturated heterocycles. The van der Waals surface area contributed by atoms with Gasteiger partial charge in [-0.25, -0.2) is 9.59 Å². The topological polar surface area (TPSA) is 125 Å². The van der Waals surface area contributed by atoms with E-state index in [2.05, 4.69) is 26.1 Å². The number of hydrogen-bond acceptors (Lipinski definition) is 7. The van der Waals surface area contributed by atoms with Gasteiger partial charge >= 0.3 is 11.9 Å². The van der Waals surface area contributed by atoms with E-state index in [1.807, 2.05) is 0 Å². The highest BCUT2D eigenvalue weighted by molar-refractivity contribution is 6.04. The Balaban J connectivity index is 1.64. The molecule has 1 aliphatic carbocycles. The molecule has 1 aliphatic rings. The summed E-state index contributed by atoms with van der Waals surface area (Å²) in [7, 11) is 0. The lowest BCUT2D eigenvalue weighted by Gasteiger charge is -2.36. The predicted octanol–water partition coefficient (Wildman–Crippen LogP) is 5.01. The molecule has 0 unspecified atom stereocenters. The molecule has 0 bridgehead atoms. The molecule has 35 heavy (non-hydrogen) atoms. The van der Waals surface area contributed by atoms with Crippen molar-refractivity contribution < 1.29 is 28.8 Å². The Hall–Kier alpha value is -3.75. The Bertz CT molecular complexity index is 1100. The van der Waals surface area contributed by atoms with Crippen LogP contribution in [0.3, 0.4) is 0 Å². The summed E-state index contributed by atoms with van der Waals surface area (Å²) in [6.45, 7) is 5.75. The second-order valence-corrected chi connectivity index (χ2v) is 9.25. The molecule has 1 fully saturated rings. The number of nitro benzene ring substituents is 1. The second-order valence-electron chi connectivity index (χ2n) is 9.25. The van der Waals surface area contributed by atoms with Crippen LogP contribution in [0.5, 0.6) is 0 Å². The minimum Gasteiger partial charge on any atom is -0.458 e. The van der Waals surface area contributed by atoms with Gasteiger partial charge in [0.25, 0.3) is 11.6 Å². The summed E-state index contributed by atoms with van der Waals surface area (Å²) < 4.78 is 11.0. The summed E-state index contributed by atoms with van der Waals surface area (Å²) in [4.78, 5) is 48.2. The van der Waals surface area contributed by atoms with Gasteiger partial charge in [-0.3, -0.25) is 14.9 Å². The summed E-state index contributed by atoms with van der Waals surface area (Å²) in [5.74, 6) is -1.04. The van der Waals surface area contributed by atoms with Crippen molar-refractivity contribution in [2.45, 2.75) is 46.1 Å². The number of anilines is 1. The third kappa shape index (κ3) is 6.88. The van der Waals surface area contributed by atoms with Crippen LogP contribution in [-0.4, -0.2) is 35.5 Å². The molecular formula is C26H30N2O7. The number of rotatable bonds is 8. The third-order valence-corrected chi connectivity index (χ3v) is 6.26. The zero-order valence-electron chi connectivity index (χ0n) is 20.1. The molecule has 2 aromatic carbocycles. The normalized spacial score (nSPS) is 19.6. The second kappa shape index (κ2) is 11.6. The average molecular weight is 483 g/mol. The highest BCUT2D eigenvalue weighted by atomic mass is 16.6. The number of benzene rings is 2. The maximum absolute atomic E-state index is 13.0. The number of carbonyl (C=O) groups excluding carboxylic acids is 3. The van der Waals surface area contributed by atoms with Crippen molar-refractivity contribution in [3.63, 3.8) is 0 Å². The van der Waals surface area contributed by atoms with Crippen LogP contribution in [-0.2, 0) is 14.3 Å². The number of esters is 2. The third-order valence-electron chi connectivity index (χ3n) is 6.26. The molecule has 1 amide bonds. The fourth-order valence-electron chi connectivity index (χ4n) is 4.39. The molecule has 9 nitrogen and oxygen atoms in total. The summed E-state index contributed by atoms with van der Waals surface area (Å²) in [5.41, 5.74) is 0.105. The van der Waals surface area contributed by atoms with E-state index in [1.165, 1.54) is 36.4 Å². The number of amides is 1. The monoisotopic (exact) mass is 482 g/mol. The molecule has 0 heterocycles. The molecule has 0 radical (unpaired) electrons. The van der Waals surface area contributed by atoms with Crippen molar-refractivity contribution >= 4 is 29.2 Å². The first-order valence-corrected chi connectivity index (χ1v) is 11.7. The number of non-ortho nitro benzene ring substituents is 1. The van der Waals surface area contributed by atoms with Gasteiger partial charge in [-0.05, 0) is 48.8 Å². The largest absolute Gasteiger partial charge is 0.458 e. The van der Waals surface area contributed by atoms with E-state index in [-0.39, 0.29) is 34.5 Å². The fourth-order valence-corrected chi connectivity index (χ4v) is 4.39. The van der Waals surface area contributed by atoms with Crippen LogP contribution >= 0.6 is 0 Å². The first-order chi connectivity index (χ1) is 16.7. The van der Waals surface area contributed by atoms with E-state index in [4.69, 9.17) is 9.47 Å². The Labute approximate surface area is 204 Å². The number of carbonyl (C=O) groups is 3. The van der Waals surface area contributed by atoms with Gasteiger partial charge in [-0.15, -0.1) is 0 Å². The van der Waals surface area contributed by atoms with Gasteiger partial charge in [0.2, 0.25) is 0 Å². The molecule has 0 spiro atoms. The van der Waals surface area contributed by atoms with E-state index in [0.717, 1.165) is 19.3 Å². The molecule has 3 atom stereocenters. The molecule has 1 N–H and O–H groups in total. The summed E-state index contributed by atoms with van der Waals surface area (Å²) >= 11 is 0. The predicted molar refractivity (Wildman–Crippen MR) is 129 cm³/mol. The summed E-state index contributed by atoms with van der Waals surface area (Å²) in [6, 6.07) is 11.6. The molecule has 1 saturated carbocycles. The van der Waals surface area contributed by atoms with Crippen molar-refractivity contribution in [2.24, 2.45) is 17.8 Å². The Morgan fingerprint density at radius 3 is 2.40 bits per heavy atom. The van der Waals surface area contributed by atoms with Gasteiger partial charge in [-0.2, -0.15) is 0 Å². The van der Waals surface area contributed by atoms with Crippen LogP contribution in [0.15, 0.2) is 48.5 Å². The van der Waals surface area contributed by atoms with E-state index in [1.54, 1.807) is 12.1 Å². The lowest BCUT2D eigenvalue weighted by atomic mass is 9.75. The van der Waals surface area contributed by atoms with Crippen LogP contribution in [0.2, 0.25) is 0 Å². The lowest BCUT2D eigenvalue weighted by Crippen LogP contribution is -2.36. The van der Waals surface area contributed by atoms with Gasteiger partial charge in [0.05, 0.1) is 16.1 Å². The van der Waals surface area contributed by atoms with Crippen molar-refractivity contribution in [1.29, 1.82) is 0 Å².